The predicted molar refractivity (Wildman–Crippen MR) is 68.3 cm³/mol. The van der Waals surface area contributed by atoms with Crippen molar-refractivity contribution in [1.29, 1.82) is 0 Å². The van der Waals surface area contributed by atoms with Crippen LogP contribution in [0.2, 0.25) is 0 Å². The Balaban J connectivity index is 2.50. The molecular weight excluding hydrogens is 198 g/mol. The maximum atomic E-state index is 9.33. The fraction of sp³-hybridized carbons (Fsp3) is 0.571. The summed E-state index contributed by atoms with van der Waals surface area (Å²) < 4.78 is 0. The molecule has 0 spiro atoms. The zero-order valence-corrected chi connectivity index (χ0v) is 10.5. The molecule has 2 nitrogen and oxygen atoms in total. The smallest absolute Gasteiger partial charge is 0.0496 e. The lowest BCUT2D eigenvalue weighted by atomic mass is 9.88. The standard InChI is InChI=1S/C14H23NO/c1-4-14(3,11-16)10-15-12(2)13-8-6-5-7-9-13/h5-9,12,15-16H,4,10-11H2,1-3H3/t12-,14?/m1/s1. The highest BCUT2D eigenvalue weighted by Crippen LogP contribution is 2.20. The van der Waals surface area contributed by atoms with Crippen molar-refractivity contribution >= 4 is 0 Å². The highest BCUT2D eigenvalue weighted by atomic mass is 16.3. The topological polar surface area (TPSA) is 32.3 Å². The van der Waals surface area contributed by atoms with Crippen molar-refractivity contribution < 1.29 is 5.11 Å². The second kappa shape index (κ2) is 6.02. The van der Waals surface area contributed by atoms with E-state index >= 15 is 0 Å². The molecule has 0 aliphatic rings. The van der Waals surface area contributed by atoms with Gasteiger partial charge in [0.15, 0.2) is 0 Å². The molecule has 2 heteroatoms. The molecule has 1 aromatic carbocycles. The van der Waals surface area contributed by atoms with Gasteiger partial charge in [0.25, 0.3) is 0 Å². The summed E-state index contributed by atoms with van der Waals surface area (Å²) in [4.78, 5) is 0. The number of benzene rings is 1. The highest BCUT2D eigenvalue weighted by molar-refractivity contribution is 5.18. The molecule has 0 fully saturated rings. The van der Waals surface area contributed by atoms with Gasteiger partial charge in [0.05, 0.1) is 0 Å². The fourth-order valence-corrected chi connectivity index (χ4v) is 1.55. The lowest BCUT2D eigenvalue weighted by molar-refractivity contribution is 0.132. The molecule has 0 aliphatic carbocycles. The van der Waals surface area contributed by atoms with Crippen molar-refractivity contribution in [2.45, 2.75) is 33.2 Å². The van der Waals surface area contributed by atoms with Crippen LogP contribution >= 0.6 is 0 Å². The van der Waals surface area contributed by atoms with E-state index in [0.717, 1.165) is 13.0 Å². The van der Waals surface area contributed by atoms with Crippen LogP contribution in [0.1, 0.15) is 38.8 Å². The molecule has 2 N–H and O–H groups in total. The summed E-state index contributed by atoms with van der Waals surface area (Å²) >= 11 is 0. The Kier molecular flexibility index (Phi) is 4.97. The molecule has 0 amide bonds. The Labute approximate surface area is 98.7 Å². The first-order valence-corrected chi connectivity index (χ1v) is 6.00. The molecule has 0 radical (unpaired) electrons. The van der Waals surface area contributed by atoms with Crippen LogP contribution in [0.15, 0.2) is 30.3 Å². The summed E-state index contributed by atoms with van der Waals surface area (Å²) in [6.07, 6.45) is 0.984. The van der Waals surface area contributed by atoms with E-state index in [2.05, 4.69) is 50.4 Å². The highest BCUT2D eigenvalue weighted by Gasteiger charge is 2.21. The SMILES string of the molecule is CCC(C)(CO)CN[C@H](C)c1ccccc1. The van der Waals surface area contributed by atoms with Crippen LogP contribution in [0.5, 0.6) is 0 Å². The maximum absolute atomic E-state index is 9.33. The zero-order chi connectivity index (χ0) is 12.0. The molecule has 2 atom stereocenters. The van der Waals surface area contributed by atoms with Gasteiger partial charge in [0, 0.05) is 24.6 Å². The van der Waals surface area contributed by atoms with Crippen molar-refractivity contribution in [2.24, 2.45) is 5.41 Å². The van der Waals surface area contributed by atoms with Crippen LogP contribution in [-0.4, -0.2) is 18.3 Å². The molecule has 0 saturated carbocycles. The average Bonchev–Trinajstić information content (AvgIpc) is 2.36. The number of aliphatic hydroxyl groups is 1. The van der Waals surface area contributed by atoms with Crippen LogP contribution in [0.25, 0.3) is 0 Å². The van der Waals surface area contributed by atoms with Gasteiger partial charge in [-0.25, -0.2) is 0 Å². The van der Waals surface area contributed by atoms with E-state index < -0.39 is 0 Å². The summed E-state index contributed by atoms with van der Waals surface area (Å²) in [7, 11) is 0. The van der Waals surface area contributed by atoms with E-state index in [0.29, 0.717) is 6.04 Å². The first-order chi connectivity index (χ1) is 7.61. The molecule has 0 saturated heterocycles. The first-order valence-electron chi connectivity index (χ1n) is 6.00. The normalized spacial score (nSPS) is 16.8. The average molecular weight is 221 g/mol. The number of hydrogen-bond acceptors (Lipinski definition) is 2. The second-order valence-electron chi connectivity index (χ2n) is 4.84. The lowest BCUT2D eigenvalue weighted by Gasteiger charge is -2.28. The van der Waals surface area contributed by atoms with E-state index in [1.807, 2.05) is 6.07 Å². The van der Waals surface area contributed by atoms with Crippen molar-refractivity contribution in [1.82, 2.24) is 5.32 Å². The number of rotatable bonds is 6. The van der Waals surface area contributed by atoms with Gasteiger partial charge in [-0.05, 0) is 18.9 Å². The van der Waals surface area contributed by atoms with Crippen molar-refractivity contribution in [3.8, 4) is 0 Å². The Hall–Kier alpha value is -0.860. The quantitative estimate of drug-likeness (QED) is 0.774. The summed E-state index contributed by atoms with van der Waals surface area (Å²) in [5, 5.41) is 12.8. The second-order valence-corrected chi connectivity index (χ2v) is 4.84. The van der Waals surface area contributed by atoms with E-state index in [-0.39, 0.29) is 12.0 Å². The third-order valence-corrected chi connectivity index (χ3v) is 3.37. The summed E-state index contributed by atoms with van der Waals surface area (Å²) in [5.41, 5.74) is 1.28. The van der Waals surface area contributed by atoms with Gasteiger partial charge in [-0.3, -0.25) is 0 Å². The molecular formula is C14H23NO. The van der Waals surface area contributed by atoms with Crippen LogP contribution in [-0.2, 0) is 0 Å². The largest absolute Gasteiger partial charge is 0.396 e. The maximum Gasteiger partial charge on any atom is 0.0496 e. The molecule has 1 rings (SSSR count). The van der Waals surface area contributed by atoms with Crippen LogP contribution < -0.4 is 5.32 Å². The van der Waals surface area contributed by atoms with Crippen LogP contribution in [0.3, 0.4) is 0 Å². The van der Waals surface area contributed by atoms with Gasteiger partial charge in [0.2, 0.25) is 0 Å². The van der Waals surface area contributed by atoms with Gasteiger partial charge in [-0.15, -0.1) is 0 Å². The number of nitrogens with one attached hydrogen (secondary N) is 1. The van der Waals surface area contributed by atoms with Gasteiger partial charge < -0.3 is 10.4 Å². The first kappa shape index (κ1) is 13.2. The lowest BCUT2D eigenvalue weighted by Crippen LogP contribution is -2.35. The molecule has 0 aliphatic heterocycles. The monoisotopic (exact) mass is 221 g/mol. The van der Waals surface area contributed by atoms with Crippen molar-refractivity contribution in [3.05, 3.63) is 35.9 Å². The Bertz CT molecular complexity index is 293. The molecule has 0 heterocycles. The summed E-state index contributed by atoms with van der Waals surface area (Å²) in [5.74, 6) is 0. The Morgan fingerprint density at radius 1 is 1.31 bits per heavy atom. The van der Waals surface area contributed by atoms with E-state index in [4.69, 9.17) is 0 Å². The fourth-order valence-electron chi connectivity index (χ4n) is 1.55. The zero-order valence-electron chi connectivity index (χ0n) is 10.5. The van der Waals surface area contributed by atoms with Gasteiger partial charge in [-0.1, -0.05) is 44.2 Å². The number of aliphatic hydroxyl groups excluding tert-OH is 1. The van der Waals surface area contributed by atoms with E-state index in [9.17, 15) is 5.11 Å². The molecule has 1 unspecified atom stereocenters. The van der Waals surface area contributed by atoms with Gasteiger partial charge in [-0.2, -0.15) is 0 Å². The van der Waals surface area contributed by atoms with Gasteiger partial charge >= 0.3 is 0 Å². The minimum absolute atomic E-state index is 0.0109. The molecule has 16 heavy (non-hydrogen) atoms. The predicted octanol–water partition coefficient (Wildman–Crippen LogP) is 2.75. The van der Waals surface area contributed by atoms with Gasteiger partial charge in [0.1, 0.15) is 0 Å². The molecule has 90 valence electrons. The Morgan fingerprint density at radius 3 is 2.44 bits per heavy atom. The molecule has 0 bridgehead atoms. The van der Waals surface area contributed by atoms with E-state index in [1.54, 1.807) is 0 Å². The molecule has 0 aromatic heterocycles. The third kappa shape index (κ3) is 3.62. The van der Waals surface area contributed by atoms with Crippen LogP contribution in [0.4, 0.5) is 0 Å². The Morgan fingerprint density at radius 2 is 1.94 bits per heavy atom. The summed E-state index contributed by atoms with van der Waals surface area (Å²) in [6.45, 7) is 7.46. The van der Waals surface area contributed by atoms with Crippen molar-refractivity contribution in [2.75, 3.05) is 13.2 Å². The van der Waals surface area contributed by atoms with Crippen LogP contribution in [0, 0.1) is 5.41 Å². The minimum Gasteiger partial charge on any atom is -0.396 e. The summed E-state index contributed by atoms with van der Waals surface area (Å²) in [6, 6.07) is 10.7. The molecule has 1 aromatic rings. The number of hydrogen-bond donors (Lipinski definition) is 2. The van der Waals surface area contributed by atoms with Crippen molar-refractivity contribution in [3.63, 3.8) is 0 Å². The third-order valence-electron chi connectivity index (χ3n) is 3.37. The minimum atomic E-state index is -0.0109. The van der Waals surface area contributed by atoms with E-state index in [1.165, 1.54) is 5.56 Å².